The molecular weight excluding hydrogens is 350 g/mol. The predicted octanol–water partition coefficient (Wildman–Crippen LogP) is 3.40. The van der Waals surface area contributed by atoms with Gasteiger partial charge in [-0.05, 0) is 62.1 Å². The lowest BCUT2D eigenvalue weighted by Crippen LogP contribution is -2.32. The van der Waals surface area contributed by atoms with Crippen LogP contribution in [-0.4, -0.2) is 41.5 Å². The third-order valence-electron chi connectivity index (χ3n) is 5.94. The highest BCUT2D eigenvalue weighted by atomic mass is 16.2. The molecule has 1 N–H and O–H groups in total. The van der Waals surface area contributed by atoms with E-state index in [9.17, 15) is 4.79 Å². The van der Waals surface area contributed by atoms with Crippen LogP contribution in [0, 0.1) is 11.8 Å². The van der Waals surface area contributed by atoms with E-state index in [1.165, 1.54) is 0 Å². The SMILES string of the molecule is CN(C)c1ncc(-c2ccncc2)c(C2CCC(CNC(=O)C3CC3)CC2)n1. The summed E-state index contributed by atoms with van der Waals surface area (Å²) in [7, 11) is 3.95. The molecule has 0 unspecified atom stereocenters. The van der Waals surface area contributed by atoms with Crippen molar-refractivity contribution in [2.24, 2.45) is 11.8 Å². The van der Waals surface area contributed by atoms with Gasteiger partial charge in [-0.1, -0.05) is 0 Å². The van der Waals surface area contributed by atoms with Gasteiger partial charge in [-0.3, -0.25) is 9.78 Å². The molecule has 0 spiro atoms. The fourth-order valence-corrected chi connectivity index (χ4v) is 4.04. The van der Waals surface area contributed by atoms with Gasteiger partial charge in [0.15, 0.2) is 0 Å². The summed E-state index contributed by atoms with van der Waals surface area (Å²) in [5.74, 6) is 2.32. The van der Waals surface area contributed by atoms with Crippen molar-refractivity contribution in [2.75, 3.05) is 25.5 Å². The van der Waals surface area contributed by atoms with Crippen LogP contribution in [0.1, 0.15) is 50.1 Å². The first-order chi connectivity index (χ1) is 13.6. The van der Waals surface area contributed by atoms with Crippen molar-refractivity contribution in [2.45, 2.75) is 44.4 Å². The van der Waals surface area contributed by atoms with E-state index in [0.29, 0.717) is 17.8 Å². The van der Waals surface area contributed by atoms with Gasteiger partial charge in [0.05, 0.1) is 5.69 Å². The summed E-state index contributed by atoms with van der Waals surface area (Å²) >= 11 is 0. The van der Waals surface area contributed by atoms with Gasteiger partial charge in [0, 0.05) is 56.6 Å². The number of carbonyl (C=O) groups excluding carboxylic acids is 1. The van der Waals surface area contributed by atoms with Crippen LogP contribution in [0.25, 0.3) is 11.1 Å². The highest BCUT2D eigenvalue weighted by Crippen LogP contribution is 2.39. The van der Waals surface area contributed by atoms with Crippen molar-refractivity contribution in [1.29, 1.82) is 0 Å². The second-order valence-electron chi connectivity index (χ2n) is 8.34. The quantitative estimate of drug-likeness (QED) is 0.833. The van der Waals surface area contributed by atoms with Crippen molar-refractivity contribution in [3.63, 3.8) is 0 Å². The molecule has 2 aliphatic carbocycles. The minimum Gasteiger partial charge on any atom is -0.356 e. The van der Waals surface area contributed by atoms with Crippen molar-refractivity contribution >= 4 is 11.9 Å². The van der Waals surface area contributed by atoms with Gasteiger partial charge in [0.2, 0.25) is 11.9 Å². The zero-order valence-corrected chi connectivity index (χ0v) is 16.8. The van der Waals surface area contributed by atoms with Crippen LogP contribution in [0.3, 0.4) is 0 Å². The van der Waals surface area contributed by atoms with Crippen LogP contribution in [-0.2, 0) is 4.79 Å². The maximum absolute atomic E-state index is 11.9. The predicted molar refractivity (Wildman–Crippen MR) is 110 cm³/mol. The zero-order valence-electron chi connectivity index (χ0n) is 16.8. The monoisotopic (exact) mass is 379 g/mol. The summed E-state index contributed by atoms with van der Waals surface area (Å²) in [6.07, 6.45) is 12.2. The van der Waals surface area contributed by atoms with Gasteiger partial charge in [0.1, 0.15) is 0 Å². The van der Waals surface area contributed by atoms with Crippen LogP contribution in [0.4, 0.5) is 5.95 Å². The lowest BCUT2D eigenvalue weighted by Gasteiger charge is -2.30. The largest absolute Gasteiger partial charge is 0.356 e. The number of pyridine rings is 1. The highest BCUT2D eigenvalue weighted by molar-refractivity contribution is 5.80. The average molecular weight is 380 g/mol. The van der Waals surface area contributed by atoms with E-state index in [4.69, 9.17) is 4.98 Å². The fourth-order valence-electron chi connectivity index (χ4n) is 4.04. The fraction of sp³-hybridized carbons (Fsp3) is 0.545. The number of amides is 1. The number of rotatable bonds is 6. The molecule has 0 atom stereocenters. The third-order valence-corrected chi connectivity index (χ3v) is 5.94. The van der Waals surface area contributed by atoms with Gasteiger partial charge < -0.3 is 10.2 Å². The molecule has 148 valence electrons. The van der Waals surface area contributed by atoms with Gasteiger partial charge in [-0.25, -0.2) is 9.97 Å². The first kappa shape index (κ1) is 18.8. The molecule has 0 saturated heterocycles. The molecule has 2 heterocycles. The molecule has 2 aromatic heterocycles. The van der Waals surface area contributed by atoms with Gasteiger partial charge in [0.25, 0.3) is 0 Å². The molecule has 0 aliphatic heterocycles. The first-order valence-electron chi connectivity index (χ1n) is 10.3. The minimum absolute atomic E-state index is 0.258. The number of carbonyl (C=O) groups is 1. The number of hydrogen-bond donors (Lipinski definition) is 1. The Morgan fingerprint density at radius 3 is 2.46 bits per heavy atom. The van der Waals surface area contributed by atoms with E-state index >= 15 is 0 Å². The molecule has 2 aliphatic rings. The van der Waals surface area contributed by atoms with Crippen molar-refractivity contribution < 1.29 is 4.79 Å². The summed E-state index contributed by atoms with van der Waals surface area (Å²) in [6.45, 7) is 0.825. The van der Waals surface area contributed by atoms with Crippen molar-refractivity contribution in [1.82, 2.24) is 20.3 Å². The normalized spacial score (nSPS) is 21.9. The molecule has 2 saturated carbocycles. The second-order valence-corrected chi connectivity index (χ2v) is 8.34. The Morgan fingerprint density at radius 2 is 1.82 bits per heavy atom. The Hall–Kier alpha value is -2.50. The summed E-state index contributed by atoms with van der Waals surface area (Å²) in [5, 5.41) is 3.15. The molecule has 4 rings (SSSR count). The molecule has 28 heavy (non-hydrogen) atoms. The van der Waals surface area contributed by atoms with Crippen LogP contribution in [0.5, 0.6) is 0 Å². The van der Waals surface area contributed by atoms with Gasteiger partial charge >= 0.3 is 0 Å². The summed E-state index contributed by atoms with van der Waals surface area (Å²) in [4.78, 5) is 27.5. The molecule has 1 amide bonds. The van der Waals surface area contributed by atoms with Crippen LogP contribution in [0.2, 0.25) is 0 Å². The molecule has 2 aromatic rings. The Labute approximate surface area is 166 Å². The van der Waals surface area contributed by atoms with Crippen molar-refractivity contribution in [3.05, 3.63) is 36.4 Å². The summed E-state index contributed by atoms with van der Waals surface area (Å²) in [6, 6.07) is 4.05. The Bertz CT molecular complexity index is 811. The Morgan fingerprint density at radius 1 is 1.11 bits per heavy atom. The maximum atomic E-state index is 11.9. The molecule has 2 fully saturated rings. The third kappa shape index (κ3) is 4.32. The van der Waals surface area contributed by atoms with Gasteiger partial charge in [-0.2, -0.15) is 0 Å². The van der Waals surface area contributed by atoms with E-state index in [1.807, 2.05) is 49.7 Å². The lowest BCUT2D eigenvalue weighted by atomic mass is 9.79. The molecule has 0 aromatic carbocycles. The van der Waals surface area contributed by atoms with Crippen molar-refractivity contribution in [3.8, 4) is 11.1 Å². The maximum Gasteiger partial charge on any atom is 0.225 e. The first-order valence-corrected chi connectivity index (χ1v) is 10.3. The van der Waals surface area contributed by atoms with Crippen LogP contribution < -0.4 is 10.2 Å². The standard InChI is InChI=1S/C22H29N5O/c1-27(2)22-25-14-19(16-9-11-23-12-10-16)20(26-22)17-5-3-15(4-6-17)13-24-21(28)18-7-8-18/h9-12,14-15,17-18H,3-8,13H2,1-2H3,(H,24,28). The molecular formula is C22H29N5O. The van der Waals surface area contributed by atoms with Gasteiger partial charge in [-0.15, -0.1) is 0 Å². The number of nitrogens with zero attached hydrogens (tertiary/aromatic N) is 4. The van der Waals surface area contributed by atoms with E-state index in [-0.39, 0.29) is 5.91 Å². The summed E-state index contributed by atoms with van der Waals surface area (Å²) < 4.78 is 0. The number of anilines is 1. The zero-order chi connectivity index (χ0) is 19.5. The Kier molecular flexibility index (Phi) is 5.55. The molecule has 0 bridgehead atoms. The molecule has 6 nitrogen and oxygen atoms in total. The lowest BCUT2D eigenvalue weighted by molar-refractivity contribution is -0.122. The second kappa shape index (κ2) is 8.25. The Balaban J connectivity index is 1.47. The van der Waals surface area contributed by atoms with E-state index < -0.39 is 0 Å². The van der Waals surface area contributed by atoms with E-state index in [0.717, 1.165) is 67.8 Å². The highest BCUT2D eigenvalue weighted by Gasteiger charge is 2.31. The van der Waals surface area contributed by atoms with Crippen LogP contribution >= 0.6 is 0 Å². The van der Waals surface area contributed by atoms with E-state index in [1.54, 1.807) is 0 Å². The molecule has 6 heteroatoms. The molecule has 0 radical (unpaired) electrons. The van der Waals surface area contributed by atoms with E-state index in [2.05, 4.69) is 15.3 Å². The topological polar surface area (TPSA) is 71.0 Å². The average Bonchev–Trinajstić information content (AvgIpc) is 3.58. The minimum atomic E-state index is 0.258. The number of hydrogen-bond acceptors (Lipinski definition) is 5. The van der Waals surface area contributed by atoms with Crippen LogP contribution in [0.15, 0.2) is 30.7 Å². The summed E-state index contributed by atoms with van der Waals surface area (Å²) in [5.41, 5.74) is 3.37. The number of nitrogens with one attached hydrogen (secondary N) is 1. The smallest absolute Gasteiger partial charge is 0.225 e. The number of aromatic nitrogens is 3.